The maximum absolute atomic E-state index is 13.6. The molecule has 0 radical (unpaired) electrons. The van der Waals surface area contributed by atoms with E-state index in [-0.39, 0.29) is 30.2 Å². The van der Waals surface area contributed by atoms with E-state index >= 15 is 0 Å². The van der Waals surface area contributed by atoms with Gasteiger partial charge in [-0.3, -0.25) is 19.7 Å². The molecule has 12 heteroatoms. The predicted octanol–water partition coefficient (Wildman–Crippen LogP) is 5.28. The minimum absolute atomic E-state index is 0.0313. The Morgan fingerprint density at radius 3 is 2.44 bits per heavy atom. The number of benzene rings is 3. The number of likely N-dealkylation sites (N-methyl/N-ethyl adjacent to an activating group) is 1. The smallest absolute Gasteiger partial charge is 0.322 e. The number of nitrogens with zero attached hydrogens (tertiary/aromatic N) is 3. The van der Waals surface area contributed by atoms with E-state index < -0.39 is 28.9 Å². The second-order valence-electron chi connectivity index (χ2n) is 9.75. The van der Waals surface area contributed by atoms with Gasteiger partial charge in [-0.25, -0.2) is 4.79 Å². The number of nitrogens with one attached hydrogen (secondary N) is 2. The Bertz CT molecular complexity index is 1440. The molecule has 41 heavy (non-hydrogen) atoms. The lowest BCUT2D eigenvalue weighted by atomic mass is 10.0. The van der Waals surface area contributed by atoms with Crippen LogP contribution in [-0.4, -0.2) is 58.2 Å². The van der Waals surface area contributed by atoms with Crippen LogP contribution < -0.4 is 10.6 Å². The van der Waals surface area contributed by atoms with Crippen LogP contribution in [0, 0.1) is 10.1 Å². The Morgan fingerprint density at radius 1 is 1.02 bits per heavy atom. The number of rotatable bonds is 9. The normalized spacial score (nSPS) is 15.2. The number of carbonyl (C=O) groups is 3. The van der Waals surface area contributed by atoms with Crippen LogP contribution in [0.2, 0.25) is 10.0 Å². The van der Waals surface area contributed by atoms with Gasteiger partial charge >= 0.3 is 6.03 Å². The van der Waals surface area contributed by atoms with Crippen molar-refractivity contribution in [1.82, 2.24) is 15.1 Å². The number of nitro groups is 1. The van der Waals surface area contributed by atoms with Crippen LogP contribution in [0.1, 0.15) is 24.0 Å². The van der Waals surface area contributed by atoms with E-state index in [0.717, 1.165) is 5.56 Å². The van der Waals surface area contributed by atoms with Crippen molar-refractivity contribution in [2.75, 3.05) is 18.9 Å². The molecule has 1 saturated heterocycles. The van der Waals surface area contributed by atoms with E-state index in [1.807, 2.05) is 30.3 Å². The zero-order valence-corrected chi connectivity index (χ0v) is 23.8. The Hall–Kier alpha value is -4.15. The van der Waals surface area contributed by atoms with Crippen molar-refractivity contribution in [2.45, 2.75) is 37.9 Å². The molecular weight excluding hydrogens is 569 g/mol. The SMILES string of the molecule is CN(Cc1ccccc1)C(=O)[C@H](Cc1ccc(Cl)c(Cl)c1)NC(=O)[C@@H]1CCCN1C(=O)Nc1ccccc1[N+](=O)[O-]. The third kappa shape index (κ3) is 7.53. The van der Waals surface area contributed by atoms with Crippen LogP contribution in [0.3, 0.4) is 0 Å². The number of para-hydroxylation sites is 2. The van der Waals surface area contributed by atoms with Gasteiger partial charge in [-0.15, -0.1) is 0 Å². The minimum atomic E-state index is -0.950. The van der Waals surface area contributed by atoms with Crippen LogP contribution in [0.25, 0.3) is 0 Å². The topological polar surface area (TPSA) is 125 Å². The van der Waals surface area contributed by atoms with Crippen molar-refractivity contribution < 1.29 is 19.3 Å². The molecule has 1 aliphatic rings. The van der Waals surface area contributed by atoms with Crippen molar-refractivity contribution >= 4 is 52.4 Å². The summed E-state index contributed by atoms with van der Waals surface area (Å²) in [7, 11) is 1.66. The second kappa shape index (κ2) is 13.5. The van der Waals surface area contributed by atoms with Crippen LogP contribution in [0.5, 0.6) is 0 Å². The number of anilines is 1. The molecule has 3 aromatic rings. The summed E-state index contributed by atoms with van der Waals surface area (Å²) in [6.45, 7) is 0.616. The maximum Gasteiger partial charge on any atom is 0.322 e. The number of hydrogen-bond acceptors (Lipinski definition) is 5. The summed E-state index contributed by atoms with van der Waals surface area (Å²) in [5.41, 5.74) is 1.40. The number of urea groups is 1. The molecule has 1 fully saturated rings. The first-order valence-corrected chi connectivity index (χ1v) is 13.7. The number of carbonyl (C=O) groups excluding carboxylic acids is 3. The molecule has 0 aliphatic carbocycles. The summed E-state index contributed by atoms with van der Waals surface area (Å²) < 4.78 is 0. The zero-order valence-electron chi connectivity index (χ0n) is 22.3. The molecule has 0 saturated carbocycles. The Morgan fingerprint density at radius 2 is 1.73 bits per heavy atom. The first kappa shape index (κ1) is 29.8. The van der Waals surface area contributed by atoms with Gasteiger partial charge in [0, 0.05) is 32.6 Å². The number of likely N-dealkylation sites (tertiary alicyclic amines) is 1. The van der Waals surface area contributed by atoms with Crippen LogP contribution in [0.15, 0.2) is 72.8 Å². The highest BCUT2D eigenvalue weighted by molar-refractivity contribution is 6.42. The number of amides is 4. The highest BCUT2D eigenvalue weighted by Gasteiger charge is 2.37. The lowest BCUT2D eigenvalue weighted by molar-refractivity contribution is -0.383. The van der Waals surface area contributed by atoms with E-state index in [2.05, 4.69) is 10.6 Å². The van der Waals surface area contributed by atoms with Gasteiger partial charge in [-0.2, -0.15) is 0 Å². The van der Waals surface area contributed by atoms with E-state index in [9.17, 15) is 24.5 Å². The molecule has 2 N–H and O–H groups in total. The average Bonchev–Trinajstić information content (AvgIpc) is 3.45. The fourth-order valence-corrected chi connectivity index (χ4v) is 5.10. The Kier molecular flexibility index (Phi) is 9.80. The average molecular weight is 598 g/mol. The largest absolute Gasteiger partial charge is 0.342 e. The van der Waals surface area contributed by atoms with E-state index in [1.54, 1.807) is 31.3 Å². The van der Waals surface area contributed by atoms with Crippen LogP contribution in [-0.2, 0) is 22.6 Å². The fraction of sp³-hybridized carbons (Fsp3) is 0.276. The standard InChI is InChI=1S/C29H29Cl2N5O5/c1-34(18-19-8-3-2-4-9-19)28(38)24(17-20-13-14-21(30)22(31)16-20)32-27(37)26-12-7-15-35(26)29(39)33-23-10-5-6-11-25(23)36(40)41/h2-6,8-11,13-14,16,24,26H,7,12,15,17-18H2,1H3,(H,32,37)(H,33,39)/t24-,26-/m0/s1. The van der Waals surface area contributed by atoms with Gasteiger partial charge in [0.1, 0.15) is 17.8 Å². The second-order valence-corrected chi connectivity index (χ2v) is 10.6. The van der Waals surface area contributed by atoms with Gasteiger partial charge < -0.3 is 20.4 Å². The molecule has 0 unspecified atom stereocenters. The van der Waals surface area contributed by atoms with E-state index in [0.29, 0.717) is 35.0 Å². The van der Waals surface area contributed by atoms with Gasteiger partial charge in [0.25, 0.3) is 5.69 Å². The third-order valence-electron chi connectivity index (χ3n) is 6.84. The molecule has 3 aromatic carbocycles. The van der Waals surface area contributed by atoms with Crippen molar-refractivity contribution in [3.8, 4) is 0 Å². The van der Waals surface area contributed by atoms with E-state index in [1.165, 1.54) is 28.0 Å². The van der Waals surface area contributed by atoms with Crippen molar-refractivity contribution in [3.63, 3.8) is 0 Å². The maximum atomic E-state index is 13.6. The minimum Gasteiger partial charge on any atom is -0.342 e. The zero-order chi connectivity index (χ0) is 29.5. The van der Waals surface area contributed by atoms with Gasteiger partial charge in [-0.1, -0.05) is 71.7 Å². The van der Waals surface area contributed by atoms with Gasteiger partial charge in [-0.05, 0) is 42.2 Å². The highest BCUT2D eigenvalue weighted by Crippen LogP contribution is 2.26. The molecule has 1 aliphatic heterocycles. The Balaban J connectivity index is 1.51. The summed E-state index contributed by atoms with van der Waals surface area (Å²) in [4.78, 5) is 53.9. The summed E-state index contributed by atoms with van der Waals surface area (Å²) in [5.74, 6) is -0.811. The number of halogens is 2. The molecular formula is C29H29Cl2N5O5. The molecule has 10 nitrogen and oxygen atoms in total. The summed E-state index contributed by atoms with van der Waals surface area (Å²) >= 11 is 12.3. The molecule has 0 aromatic heterocycles. The molecule has 0 spiro atoms. The van der Waals surface area contributed by atoms with Gasteiger partial charge in [0.15, 0.2) is 0 Å². The van der Waals surface area contributed by atoms with Gasteiger partial charge in [0.05, 0.1) is 15.0 Å². The first-order chi connectivity index (χ1) is 19.6. The molecule has 1 heterocycles. The number of nitro benzene ring substituents is 1. The third-order valence-corrected chi connectivity index (χ3v) is 7.57. The summed E-state index contributed by atoms with van der Waals surface area (Å²) in [6.07, 6.45) is 1.08. The molecule has 2 atom stereocenters. The fourth-order valence-electron chi connectivity index (χ4n) is 4.78. The van der Waals surface area contributed by atoms with Crippen molar-refractivity contribution in [2.24, 2.45) is 0 Å². The highest BCUT2D eigenvalue weighted by atomic mass is 35.5. The first-order valence-electron chi connectivity index (χ1n) is 13.0. The van der Waals surface area contributed by atoms with Crippen LogP contribution in [0.4, 0.5) is 16.2 Å². The predicted molar refractivity (Wildman–Crippen MR) is 157 cm³/mol. The molecule has 214 valence electrons. The number of hydrogen-bond donors (Lipinski definition) is 2. The molecule has 4 rings (SSSR count). The molecule has 0 bridgehead atoms. The summed E-state index contributed by atoms with van der Waals surface area (Å²) in [6, 6.07) is 17.8. The van der Waals surface area contributed by atoms with Crippen LogP contribution >= 0.6 is 23.2 Å². The molecule has 4 amide bonds. The lowest BCUT2D eigenvalue weighted by Gasteiger charge is -2.28. The lowest BCUT2D eigenvalue weighted by Crippen LogP contribution is -2.54. The quantitative estimate of drug-likeness (QED) is 0.256. The summed E-state index contributed by atoms with van der Waals surface area (Å²) in [5, 5.41) is 17.5. The van der Waals surface area contributed by atoms with Crippen molar-refractivity contribution in [1.29, 1.82) is 0 Å². The van der Waals surface area contributed by atoms with Gasteiger partial charge in [0.2, 0.25) is 11.8 Å². The monoisotopic (exact) mass is 597 g/mol. The van der Waals surface area contributed by atoms with Crippen molar-refractivity contribution in [3.05, 3.63) is 104 Å². The van der Waals surface area contributed by atoms with E-state index in [4.69, 9.17) is 23.2 Å². The Labute approximate surface area is 247 Å².